The monoisotopic (exact) mass is 509 g/mol. The lowest BCUT2D eigenvalue weighted by Crippen LogP contribution is -2.29. The Balaban J connectivity index is 1.91. The number of Topliss-reactive ketones (excluding diaryl/α,β-unsaturated/α-hetero) is 2. The van der Waals surface area contributed by atoms with E-state index in [4.69, 9.17) is 11.6 Å². The number of halogens is 2. The molecular formula is C25H17BrClNO4. The normalized spacial score (nSPS) is 17.6. The average Bonchev–Trinajstić information content (AvgIpc) is 3.05. The van der Waals surface area contributed by atoms with Crippen molar-refractivity contribution in [2.24, 2.45) is 0 Å². The number of rotatable bonds is 4. The highest BCUT2D eigenvalue weighted by Gasteiger charge is 2.46. The first-order valence-corrected chi connectivity index (χ1v) is 10.9. The first-order valence-electron chi connectivity index (χ1n) is 9.71. The van der Waals surface area contributed by atoms with Gasteiger partial charge in [-0.05, 0) is 73.2 Å². The van der Waals surface area contributed by atoms with Gasteiger partial charge in [0.05, 0.1) is 11.6 Å². The van der Waals surface area contributed by atoms with Gasteiger partial charge in [-0.2, -0.15) is 0 Å². The van der Waals surface area contributed by atoms with Crippen LogP contribution in [0.5, 0.6) is 0 Å². The Labute approximate surface area is 198 Å². The smallest absolute Gasteiger partial charge is 0.300 e. The maximum Gasteiger partial charge on any atom is 0.300 e. The number of hydrogen-bond donors (Lipinski definition) is 1. The van der Waals surface area contributed by atoms with Crippen molar-refractivity contribution in [2.45, 2.75) is 13.0 Å². The summed E-state index contributed by atoms with van der Waals surface area (Å²) in [5.41, 5.74) is 1.95. The molecule has 0 saturated carbocycles. The Bertz CT molecular complexity index is 1250. The van der Waals surface area contributed by atoms with Crippen LogP contribution in [0.4, 0.5) is 5.69 Å². The predicted molar refractivity (Wildman–Crippen MR) is 127 cm³/mol. The summed E-state index contributed by atoms with van der Waals surface area (Å²) < 4.78 is 0.835. The van der Waals surface area contributed by atoms with E-state index in [2.05, 4.69) is 15.9 Å². The SMILES string of the molecule is CC(=O)c1ccc(N2C(=O)C(=O)/C(=C(\O)c3ccc(Cl)cc3)C2c2ccc(Br)cc2)cc1. The zero-order valence-corrected chi connectivity index (χ0v) is 19.2. The molecule has 1 amide bonds. The summed E-state index contributed by atoms with van der Waals surface area (Å²) in [4.78, 5) is 39.2. The number of amides is 1. The molecule has 1 heterocycles. The molecule has 1 fully saturated rings. The minimum Gasteiger partial charge on any atom is -0.507 e. The van der Waals surface area contributed by atoms with Crippen molar-refractivity contribution >= 4 is 56.5 Å². The van der Waals surface area contributed by atoms with Gasteiger partial charge < -0.3 is 5.11 Å². The van der Waals surface area contributed by atoms with Crippen molar-refractivity contribution < 1.29 is 19.5 Å². The Morgan fingerprint density at radius 2 is 1.47 bits per heavy atom. The van der Waals surface area contributed by atoms with Gasteiger partial charge >= 0.3 is 0 Å². The molecule has 1 atom stereocenters. The second-order valence-corrected chi connectivity index (χ2v) is 8.68. The first-order chi connectivity index (χ1) is 15.3. The van der Waals surface area contributed by atoms with Crippen LogP contribution in [0.1, 0.15) is 34.5 Å². The number of anilines is 1. The summed E-state index contributed by atoms with van der Waals surface area (Å²) in [6.07, 6.45) is 0. The molecule has 4 rings (SSSR count). The number of benzene rings is 3. The molecular weight excluding hydrogens is 494 g/mol. The van der Waals surface area contributed by atoms with Gasteiger partial charge in [0.1, 0.15) is 5.76 Å². The van der Waals surface area contributed by atoms with Crippen LogP contribution in [-0.4, -0.2) is 22.6 Å². The van der Waals surface area contributed by atoms with Crippen molar-refractivity contribution in [1.82, 2.24) is 0 Å². The molecule has 0 radical (unpaired) electrons. The van der Waals surface area contributed by atoms with E-state index in [0.717, 1.165) is 4.47 Å². The number of ketones is 2. The van der Waals surface area contributed by atoms with Crippen molar-refractivity contribution in [2.75, 3.05) is 4.90 Å². The predicted octanol–water partition coefficient (Wildman–Crippen LogP) is 5.93. The van der Waals surface area contributed by atoms with Gasteiger partial charge in [-0.15, -0.1) is 0 Å². The minimum absolute atomic E-state index is 0.0183. The zero-order chi connectivity index (χ0) is 23.0. The topological polar surface area (TPSA) is 74.7 Å². The largest absolute Gasteiger partial charge is 0.507 e. The summed E-state index contributed by atoms with van der Waals surface area (Å²) in [5.74, 6) is -1.94. The Morgan fingerprint density at radius 1 is 0.906 bits per heavy atom. The van der Waals surface area contributed by atoms with E-state index in [-0.39, 0.29) is 17.1 Å². The number of carbonyl (C=O) groups excluding carboxylic acids is 3. The number of aliphatic hydroxyl groups excluding tert-OH is 1. The van der Waals surface area contributed by atoms with Gasteiger partial charge in [-0.25, -0.2) is 0 Å². The summed E-state index contributed by atoms with van der Waals surface area (Å²) >= 11 is 9.34. The first kappa shape index (κ1) is 22.0. The second-order valence-electron chi connectivity index (χ2n) is 7.33. The van der Waals surface area contributed by atoms with E-state index in [1.165, 1.54) is 11.8 Å². The highest BCUT2D eigenvalue weighted by molar-refractivity contribution is 9.10. The summed E-state index contributed by atoms with van der Waals surface area (Å²) in [7, 11) is 0. The molecule has 3 aromatic carbocycles. The van der Waals surface area contributed by atoms with E-state index < -0.39 is 17.7 Å². The molecule has 0 aliphatic carbocycles. The van der Waals surface area contributed by atoms with Gasteiger partial charge in [0.25, 0.3) is 11.7 Å². The number of carbonyl (C=O) groups is 3. The summed E-state index contributed by atoms with van der Waals surface area (Å²) in [6.45, 7) is 1.45. The standard InChI is InChI=1S/C25H17BrClNO4/c1-14(29)15-6-12-20(13-7-15)28-22(16-2-8-18(26)9-3-16)21(24(31)25(28)32)23(30)17-4-10-19(27)11-5-17/h2-13,22,30H,1H3/b23-21-. The molecule has 32 heavy (non-hydrogen) atoms. The zero-order valence-electron chi connectivity index (χ0n) is 16.9. The van der Waals surface area contributed by atoms with E-state index in [1.807, 2.05) is 0 Å². The van der Waals surface area contributed by atoms with Crippen LogP contribution in [-0.2, 0) is 9.59 Å². The number of hydrogen-bond acceptors (Lipinski definition) is 4. The highest BCUT2D eigenvalue weighted by atomic mass is 79.9. The third-order valence-electron chi connectivity index (χ3n) is 5.30. The fourth-order valence-corrected chi connectivity index (χ4v) is 4.07. The van der Waals surface area contributed by atoms with Gasteiger partial charge in [0.2, 0.25) is 0 Å². The van der Waals surface area contributed by atoms with Crippen molar-refractivity contribution in [3.63, 3.8) is 0 Å². The lowest BCUT2D eigenvalue weighted by atomic mass is 9.95. The van der Waals surface area contributed by atoms with Crippen molar-refractivity contribution in [3.8, 4) is 0 Å². The van der Waals surface area contributed by atoms with E-state index in [0.29, 0.717) is 27.4 Å². The Hall–Kier alpha value is -3.22. The Kier molecular flexibility index (Phi) is 6.00. The van der Waals surface area contributed by atoms with Crippen LogP contribution in [0.15, 0.2) is 82.8 Å². The van der Waals surface area contributed by atoms with Crippen molar-refractivity contribution in [3.05, 3.63) is 105 Å². The average molecular weight is 511 g/mol. The molecule has 1 unspecified atom stereocenters. The quantitative estimate of drug-likeness (QED) is 0.204. The molecule has 1 saturated heterocycles. The van der Waals surface area contributed by atoms with Crippen LogP contribution in [0.3, 0.4) is 0 Å². The van der Waals surface area contributed by atoms with E-state index in [9.17, 15) is 19.5 Å². The van der Waals surface area contributed by atoms with Crippen LogP contribution < -0.4 is 4.90 Å². The molecule has 160 valence electrons. The highest BCUT2D eigenvalue weighted by Crippen LogP contribution is 2.42. The van der Waals surface area contributed by atoms with Gasteiger partial charge in [0, 0.05) is 26.3 Å². The summed E-state index contributed by atoms with van der Waals surface area (Å²) in [6, 6.07) is 19.2. The number of aliphatic hydroxyl groups is 1. The van der Waals surface area contributed by atoms with Gasteiger partial charge in [0.15, 0.2) is 5.78 Å². The molecule has 0 spiro atoms. The molecule has 0 bridgehead atoms. The van der Waals surface area contributed by atoms with Crippen molar-refractivity contribution in [1.29, 1.82) is 0 Å². The molecule has 1 aliphatic heterocycles. The fraction of sp³-hybridized carbons (Fsp3) is 0.0800. The van der Waals surface area contributed by atoms with Crippen LogP contribution >= 0.6 is 27.5 Å². The molecule has 5 nitrogen and oxygen atoms in total. The Morgan fingerprint density at radius 3 is 2.03 bits per heavy atom. The van der Waals surface area contributed by atoms with Crippen LogP contribution in [0.2, 0.25) is 5.02 Å². The second kappa shape index (κ2) is 8.73. The van der Waals surface area contributed by atoms with E-state index >= 15 is 0 Å². The third-order valence-corrected chi connectivity index (χ3v) is 6.08. The van der Waals surface area contributed by atoms with Gasteiger partial charge in [-0.3, -0.25) is 19.3 Å². The molecule has 1 aliphatic rings. The molecule has 1 N–H and O–H groups in total. The lowest BCUT2D eigenvalue weighted by molar-refractivity contribution is -0.132. The molecule has 7 heteroatoms. The van der Waals surface area contributed by atoms with Crippen LogP contribution in [0, 0.1) is 0 Å². The fourth-order valence-electron chi connectivity index (χ4n) is 3.68. The van der Waals surface area contributed by atoms with E-state index in [1.54, 1.807) is 72.8 Å². The minimum atomic E-state index is -0.845. The van der Waals surface area contributed by atoms with Gasteiger partial charge in [-0.1, -0.05) is 39.7 Å². The van der Waals surface area contributed by atoms with Crippen LogP contribution in [0.25, 0.3) is 5.76 Å². The number of nitrogens with zero attached hydrogens (tertiary/aromatic N) is 1. The lowest BCUT2D eigenvalue weighted by Gasteiger charge is -2.25. The maximum absolute atomic E-state index is 13.1. The molecule has 0 aromatic heterocycles. The summed E-state index contributed by atoms with van der Waals surface area (Å²) in [5, 5.41) is 11.5. The maximum atomic E-state index is 13.1. The third kappa shape index (κ3) is 3.99. The molecule has 3 aromatic rings.